The summed E-state index contributed by atoms with van der Waals surface area (Å²) >= 11 is 0. The number of furan rings is 1. The molecule has 0 spiro atoms. The Kier molecular flexibility index (Phi) is 6.36. The third-order valence-corrected chi connectivity index (χ3v) is 5.58. The lowest BCUT2D eigenvalue weighted by Gasteiger charge is -2.19. The molecule has 172 valence electrons. The first kappa shape index (κ1) is 22.8. The highest BCUT2D eigenvalue weighted by Crippen LogP contribution is 2.30. The van der Waals surface area contributed by atoms with E-state index in [-0.39, 0.29) is 5.76 Å². The molecule has 1 aliphatic heterocycles. The molecule has 0 amide bonds. The third kappa shape index (κ3) is 5.51. The molecule has 1 aromatic heterocycles. The highest BCUT2D eigenvalue weighted by Gasteiger charge is 2.26. The van der Waals surface area contributed by atoms with Crippen molar-refractivity contribution < 1.29 is 17.9 Å². The Bertz CT molecular complexity index is 1190. The van der Waals surface area contributed by atoms with Crippen LogP contribution in [0.1, 0.15) is 52.1 Å². The number of hydrogen-bond donors (Lipinski definition) is 1. The van der Waals surface area contributed by atoms with E-state index in [1.165, 1.54) is 5.57 Å². The van der Waals surface area contributed by atoms with E-state index in [4.69, 9.17) is 14.1 Å². The van der Waals surface area contributed by atoms with E-state index < -0.39 is 6.11 Å². The summed E-state index contributed by atoms with van der Waals surface area (Å²) in [7, 11) is 0. The minimum absolute atomic E-state index is 0.162. The molecule has 0 aromatic carbocycles. The smallest absolute Gasteiger partial charge is 0.394 e. The molecule has 0 fully saturated rings. The van der Waals surface area contributed by atoms with Crippen LogP contribution in [0.5, 0.6) is 0 Å². The molecular weight excluding hydrogens is 422 g/mol. The Morgan fingerprint density at radius 3 is 2.58 bits per heavy atom. The summed E-state index contributed by atoms with van der Waals surface area (Å²) in [5, 5.41) is 3.47. The van der Waals surface area contributed by atoms with E-state index in [0.29, 0.717) is 30.1 Å². The van der Waals surface area contributed by atoms with Crippen molar-refractivity contribution in [1.29, 1.82) is 0 Å². The van der Waals surface area contributed by atoms with Crippen LogP contribution in [0, 0.1) is 0 Å². The predicted molar refractivity (Wildman–Crippen MR) is 128 cm³/mol. The zero-order valence-electron chi connectivity index (χ0n) is 19.3. The normalized spacial score (nSPS) is 19.3. The van der Waals surface area contributed by atoms with Gasteiger partial charge in [-0.25, -0.2) is 0 Å². The Morgan fingerprint density at radius 1 is 1.03 bits per heavy atom. The van der Waals surface area contributed by atoms with Crippen molar-refractivity contribution in [3.8, 4) is 0 Å². The summed E-state index contributed by atoms with van der Waals surface area (Å²) in [6.45, 7) is 7.11. The zero-order chi connectivity index (χ0) is 23.6. The number of halogens is 2. The predicted octanol–water partition coefficient (Wildman–Crippen LogP) is 6.98. The number of rotatable bonds is 5. The van der Waals surface area contributed by atoms with Crippen LogP contribution in [0.4, 0.5) is 8.78 Å². The van der Waals surface area contributed by atoms with Crippen LogP contribution in [0.3, 0.4) is 0 Å². The fraction of sp³-hybridized carbons (Fsp3) is 0.296. The first-order valence-electron chi connectivity index (χ1n) is 11.0. The first-order valence-corrected chi connectivity index (χ1v) is 11.0. The topological polar surface area (TPSA) is 46.8 Å². The summed E-state index contributed by atoms with van der Waals surface area (Å²) < 4.78 is 37.9. The number of aliphatic imine (C=N–C) groups is 1. The molecule has 4 nitrogen and oxygen atoms in total. The van der Waals surface area contributed by atoms with Gasteiger partial charge in [-0.2, -0.15) is 8.78 Å². The molecule has 0 saturated carbocycles. The van der Waals surface area contributed by atoms with Crippen molar-refractivity contribution in [3.63, 3.8) is 0 Å². The van der Waals surface area contributed by atoms with Crippen molar-refractivity contribution in [2.75, 3.05) is 6.54 Å². The summed E-state index contributed by atoms with van der Waals surface area (Å²) in [5.74, 6) is 1.37. The second kappa shape index (κ2) is 9.22. The molecule has 0 saturated heterocycles. The number of allylic oxidation sites excluding steroid dienone is 11. The quantitative estimate of drug-likeness (QED) is 0.526. The van der Waals surface area contributed by atoms with Gasteiger partial charge in [-0.05, 0) is 63.0 Å². The van der Waals surface area contributed by atoms with Crippen LogP contribution in [0.2, 0.25) is 0 Å². The van der Waals surface area contributed by atoms with Gasteiger partial charge in [0.1, 0.15) is 17.2 Å². The lowest BCUT2D eigenvalue weighted by Crippen LogP contribution is -2.28. The molecule has 6 heteroatoms. The van der Waals surface area contributed by atoms with E-state index in [1.807, 2.05) is 31.2 Å². The van der Waals surface area contributed by atoms with Crippen LogP contribution < -0.4 is 5.32 Å². The second-order valence-corrected chi connectivity index (χ2v) is 8.47. The van der Waals surface area contributed by atoms with Crippen LogP contribution >= 0.6 is 0 Å². The van der Waals surface area contributed by atoms with Gasteiger partial charge in [0.2, 0.25) is 0 Å². The van der Waals surface area contributed by atoms with Gasteiger partial charge in [-0.3, -0.25) is 4.99 Å². The Labute approximate surface area is 193 Å². The zero-order valence-corrected chi connectivity index (χ0v) is 19.3. The summed E-state index contributed by atoms with van der Waals surface area (Å²) in [6, 6.07) is 3.69. The van der Waals surface area contributed by atoms with Crippen LogP contribution in [-0.2, 0) is 4.74 Å². The number of alkyl halides is 2. The standard InChI is InChI=1S/C27H28F2N2O2/c1-17-7-5-9-20(12-11-17)26-19(3)31-22(16-30-26)24-14-13-23(32-24)21-10-6-8-18(2)25(15-21)33-27(4,28)29/h6-7,9-15,30H,5,8,16H2,1-4H3. The largest absolute Gasteiger partial charge is 0.455 e. The van der Waals surface area contributed by atoms with E-state index >= 15 is 0 Å². The van der Waals surface area contributed by atoms with E-state index in [9.17, 15) is 8.78 Å². The van der Waals surface area contributed by atoms with Gasteiger partial charge in [0, 0.05) is 12.5 Å². The van der Waals surface area contributed by atoms with Crippen molar-refractivity contribution in [1.82, 2.24) is 5.32 Å². The lowest BCUT2D eigenvalue weighted by atomic mass is 10.1. The van der Waals surface area contributed by atoms with Gasteiger partial charge in [-0.1, -0.05) is 42.0 Å². The van der Waals surface area contributed by atoms with Crippen molar-refractivity contribution in [3.05, 3.63) is 100 Å². The molecule has 0 bridgehead atoms. The monoisotopic (exact) mass is 450 g/mol. The second-order valence-electron chi connectivity index (χ2n) is 8.47. The maximum absolute atomic E-state index is 13.5. The highest BCUT2D eigenvalue weighted by molar-refractivity contribution is 6.01. The van der Waals surface area contributed by atoms with Gasteiger partial charge in [0.05, 0.1) is 17.9 Å². The van der Waals surface area contributed by atoms with Crippen LogP contribution in [0.15, 0.2) is 97.9 Å². The molecule has 2 aliphatic carbocycles. The van der Waals surface area contributed by atoms with Crippen molar-refractivity contribution >= 4 is 11.3 Å². The van der Waals surface area contributed by atoms with E-state index in [2.05, 4.69) is 36.5 Å². The molecule has 1 aromatic rings. The Balaban J connectivity index is 1.59. The third-order valence-electron chi connectivity index (χ3n) is 5.58. The van der Waals surface area contributed by atoms with E-state index in [1.54, 1.807) is 13.0 Å². The molecule has 4 rings (SSSR count). The number of ether oxygens (including phenoxy) is 1. The first-order chi connectivity index (χ1) is 15.7. The van der Waals surface area contributed by atoms with Gasteiger partial charge < -0.3 is 14.5 Å². The van der Waals surface area contributed by atoms with Gasteiger partial charge in [-0.15, -0.1) is 0 Å². The summed E-state index contributed by atoms with van der Waals surface area (Å²) in [6.07, 6.45) is 12.1. The van der Waals surface area contributed by atoms with Crippen molar-refractivity contribution in [2.24, 2.45) is 4.99 Å². The lowest BCUT2D eigenvalue weighted by molar-refractivity contribution is -0.195. The molecule has 1 N–H and O–H groups in total. The van der Waals surface area contributed by atoms with Gasteiger partial charge >= 0.3 is 6.11 Å². The average molecular weight is 451 g/mol. The summed E-state index contributed by atoms with van der Waals surface area (Å²) in [5.41, 5.74) is 6.46. The Morgan fingerprint density at radius 2 is 1.82 bits per heavy atom. The minimum Gasteiger partial charge on any atom is -0.455 e. The number of hydrogen-bond acceptors (Lipinski definition) is 4. The van der Waals surface area contributed by atoms with Gasteiger partial charge in [0.25, 0.3) is 0 Å². The number of nitrogens with zero attached hydrogens (tertiary/aromatic N) is 1. The number of nitrogens with one attached hydrogen (secondary N) is 1. The molecular formula is C27H28F2N2O2. The molecule has 0 unspecified atom stereocenters. The maximum Gasteiger partial charge on any atom is 0.394 e. The molecule has 0 radical (unpaired) electrons. The molecule has 33 heavy (non-hydrogen) atoms. The molecule has 3 aliphatic rings. The summed E-state index contributed by atoms with van der Waals surface area (Å²) in [4.78, 5) is 4.79. The fourth-order valence-electron chi connectivity index (χ4n) is 3.85. The minimum atomic E-state index is -3.25. The average Bonchev–Trinajstić information content (AvgIpc) is 3.05. The highest BCUT2D eigenvalue weighted by atomic mass is 19.3. The van der Waals surface area contributed by atoms with Crippen LogP contribution in [-0.4, -0.2) is 18.4 Å². The van der Waals surface area contributed by atoms with Gasteiger partial charge in [0.15, 0.2) is 5.76 Å². The maximum atomic E-state index is 13.5. The molecule has 0 atom stereocenters. The molecule has 2 heterocycles. The fourth-order valence-corrected chi connectivity index (χ4v) is 3.85. The van der Waals surface area contributed by atoms with Crippen molar-refractivity contribution in [2.45, 2.75) is 46.6 Å². The Hall–Kier alpha value is -3.41. The van der Waals surface area contributed by atoms with Crippen LogP contribution in [0.25, 0.3) is 5.57 Å². The van der Waals surface area contributed by atoms with E-state index in [0.717, 1.165) is 41.6 Å². The SMILES string of the molecule is CC1=CCC=C(C2=C(C)N=C(c3ccc(C4=CC(OC(C)(F)F)=C(C)CC=C4)o3)CN2)C=C1.